The molecule has 0 spiro atoms. The van der Waals surface area contributed by atoms with Gasteiger partial charge in [0.25, 0.3) is 0 Å². The second kappa shape index (κ2) is 7.97. The van der Waals surface area contributed by atoms with Gasteiger partial charge in [0, 0.05) is 22.3 Å². The highest BCUT2D eigenvalue weighted by Gasteiger charge is 2.17. The molecule has 0 bridgehead atoms. The predicted octanol–water partition coefficient (Wildman–Crippen LogP) is 8.34. The van der Waals surface area contributed by atoms with E-state index in [2.05, 4.69) is 92.8 Å². The molecule has 0 aliphatic heterocycles. The molecule has 0 atom stereocenters. The van der Waals surface area contributed by atoms with E-state index in [-0.39, 0.29) is 0 Å². The minimum atomic E-state index is 0.637. The fraction of sp³-hybridized carbons (Fsp3) is 0. The summed E-state index contributed by atoms with van der Waals surface area (Å²) in [4.78, 5) is 8.70. The predicted molar refractivity (Wildman–Crippen MR) is 147 cm³/mol. The Morgan fingerprint density at radius 2 is 1.22 bits per heavy atom. The second-order valence-electron chi connectivity index (χ2n) is 8.81. The summed E-state index contributed by atoms with van der Waals surface area (Å²) in [6.07, 6.45) is 0. The molecule has 0 N–H and O–H groups in total. The van der Waals surface area contributed by atoms with Crippen molar-refractivity contribution in [2.45, 2.75) is 0 Å². The summed E-state index contributed by atoms with van der Waals surface area (Å²) in [5.74, 6) is 0.907. The van der Waals surface area contributed by atoms with Crippen LogP contribution in [0.15, 0.2) is 121 Å². The molecule has 0 unspecified atom stereocenters. The number of imidazole rings is 1. The van der Waals surface area contributed by atoms with Crippen LogP contribution in [0.4, 0.5) is 5.69 Å². The van der Waals surface area contributed by atoms with Crippen LogP contribution in [-0.2, 0) is 0 Å². The van der Waals surface area contributed by atoms with Gasteiger partial charge in [-0.15, -0.1) is 0 Å². The fourth-order valence-corrected chi connectivity index (χ4v) is 5.13. The van der Waals surface area contributed by atoms with Crippen LogP contribution in [0.5, 0.6) is 0 Å². The fourth-order valence-electron chi connectivity index (χ4n) is 5.13. The standard InChI is InChI=1S/C32H20N4/c1-33-23-16-18-29-26(20-23)27-21-25(17-19-30(27)35(29)24-12-6-3-7-13-24)36-31-15-9-8-14-28(31)34-32(36)22-10-4-2-5-11-22/h2-21H. The molecular weight excluding hydrogens is 440 g/mol. The molecule has 7 rings (SSSR count). The number of hydrogen-bond acceptors (Lipinski definition) is 1. The van der Waals surface area contributed by atoms with E-state index in [0.29, 0.717) is 5.69 Å². The number of hydrogen-bond donors (Lipinski definition) is 0. The maximum Gasteiger partial charge on any atom is 0.188 e. The zero-order valence-corrected chi connectivity index (χ0v) is 19.3. The molecular formula is C32H20N4. The molecule has 0 aliphatic carbocycles. The van der Waals surface area contributed by atoms with Gasteiger partial charge in [0.2, 0.25) is 0 Å². The summed E-state index contributed by atoms with van der Waals surface area (Å²) in [7, 11) is 0. The number of aromatic nitrogens is 3. The van der Waals surface area contributed by atoms with E-state index in [4.69, 9.17) is 11.6 Å². The Bertz CT molecular complexity index is 1940. The van der Waals surface area contributed by atoms with E-state index in [1.54, 1.807) is 0 Å². The van der Waals surface area contributed by atoms with E-state index >= 15 is 0 Å². The van der Waals surface area contributed by atoms with Crippen LogP contribution in [0.25, 0.3) is 60.4 Å². The van der Waals surface area contributed by atoms with Crippen molar-refractivity contribution in [1.82, 2.24) is 14.1 Å². The van der Waals surface area contributed by atoms with Crippen LogP contribution in [-0.4, -0.2) is 14.1 Å². The minimum absolute atomic E-state index is 0.637. The van der Waals surface area contributed by atoms with E-state index in [1.807, 2.05) is 42.5 Å². The van der Waals surface area contributed by atoms with Crippen LogP contribution in [0, 0.1) is 6.57 Å². The molecule has 0 saturated carbocycles. The zero-order valence-electron chi connectivity index (χ0n) is 19.3. The SMILES string of the molecule is [C-]#[N+]c1ccc2c(c1)c1cc(-n3c(-c4ccccc4)nc4ccccc43)ccc1n2-c1ccccc1. The van der Waals surface area contributed by atoms with Gasteiger partial charge in [0.15, 0.2) is 5.69 Å². The number of benzene rings is 5. The summed E-state index contributed by atoms with van der Waals surface area (Å²) in [5.41, 5.74) is 8.04. The number of rotatable bonds is 3. The van der Waals surface area contributed by atoms with E-state index in [0.717, 1.165) is 55.6 Å². The van der Waals surface area contributed by atoms with Gasteiger partial charge in [-0.25, -0.2) is 9.83 Å². The Balaban J connectivity index is 1.57. The first kappa shape index (κ1) is 20.3. The Hall–Kier alpha value is -5.14. The monoisotopic (exact) mass is 460 g/mol. The lowest BCUT2D eigenvalue weighted by Gasteiger charge is -2.11. The van der Waals surface area contributed by atoms with Crippen molar-refractivity contribution in [3.8, 4) is 22.8 Å². The highest BCUT2D eigenvalue weighted by Crippen LogP contribution is 2.37. The Morgan fingerprint density at radius 1 is 0.556 bits per heavy atom. The van der Waals surface area contributed by atoms with Gasteiger partial charge in [-0.2, -0.15) is 0 Å². The molecule has 0 fully saturated rings. The normalized spacial score (nSPS) is 11.3. The van der Waals surface area contributed by atoms with Crippen molar-refractivity contribution in [3.63, 3.8) is 0 Å². The summed E-state index contributed by atoms with van der Waals surface area (Å²) >= 11 is 0. The minimum Gasteiger partial charge on any atom is -0.309 e. The maximum absolute atomic E-state index is 7.57. The van der Waals surface area contributed by atoms with Crippen LogP contribution in [0.1, 0.15) is 0 Å². The summed E-state index contributed by atoms with van der Waals surface area (Å²) in [6, 6.07) is 41.4. The molecule has 5 aromatic carbocycles. The van der Waals surface area contributed by atoms with Crippen molar-refractivity contribution in [3.05, 3.63) is 133 Å². The second-order valence-corrected chi connectivity index (χ2v) is 8.81. The topological polar surface area (TPSA) is 27.1 Å². The maximum atomic E-state index is 7.57. The van der Waals surface area contributed by atoms with Crippen LogP contribution in [0.3, 0.4) is 0 Å². The third kappa shape index (κ3) is 3.04. The van der Waals surface area contributed by atoms with E-state index < -0.39 is 0 Å². The van der Waals surface area contributed by atoms with Crippen molar-refractivity contribution >= 4 is 38.5 Å². The smallest absolute Gasteiger partial charge is 0.188 e. The number of para-hydroxylation sites is 3. The lowest BCUT2D eigenvalue weighted by Crippen LogP contribution is -1.98. The largest absolute Gasteiger partial charge is 0.309 e. The molecule has 2 aromatic heterocycles. The molecule has 168 valence electrons. The Labute approximate surface area is 208 Å². The molecule has 0 aliphatic rings. The average molecular weight is 461 g/mol. The van der Waals surface area contributed by atoms with Gasteiger partial charge < -0.3 is 4.57 Å². The molecule has 4 nitrogen and oxygen atoms in total. The lowest BCUT2D eigenvalue weighted by molar-refractivity contribution is 1.10. The van der Waals surface area contributed by atoms with Crippen molar-refractivity contribution in [1.29, 1.82) is 0 Å². The van der Waals surface area contributed by atoms with Gasteiger partial charge in [0.1, 0.15) is 5.82 Å². The number of fused-ring (bicyclic) bond motifs is 4. The van der Waals surface area contributed by atoms with Crippen LogP contribution in [0.2, 0.25) is 0 Å². The first-order valence-corrected chi connectivity index (χ1v) is 11.9. The van der Waals surface area contributed by atoms with Gasteiger partial charge in [-0.05, 0) is 60.0 Å². The molecule has 0 saturated heterocycles. The summed E-state index contributed by atoms with van der Waals surface area (Å²) < 4.78 is 4.50. The lowest BCUT2D eigenvalue weighted by atomic mass is 10.1. The zero-order chi connectivity index (χ0) is 24.1. The average Bonchev–Trinajstić information content (AvgIpc) is 3.49. The van der Waals surface area contributed by atoms with Gasteiger partial charge in [0.05, 0.1) is 28.6 Å². The van der Waals surface area contributed by atoms with Gasteiger partial charge >= 0.3 is 0 Å². The Morgan fingerprint density at radius 3 is 2.00 bits per heavy atom. The summed E-state index contributed by atoms with van der Waals surface area (Å²) in [6.45, 7) is 7.57. The highest BCUT2D eigenvalue weighted by atomic mass is 15.1. The molecule has 36 heavy (non-hydrogen) atoms. The van der Waals surface area contributed by atoms with Crippen LogP contribution >= 0.6 is 0 Å². The quantitative estimate of drug-likeness (QED) is 0.243. The van der Waals surface area contributed by atoms with E-state index in [9.17, 15) is 0 Å². The van der Waals surface area contributed by atoms with Crippen molar-refractivity contribution in [2.75, 3.05) is 0 Å². The van der Waals surface area contributed by atoms with Gasteiger partial charge in [-0.3, -0.25) is 4.57 Å². The van der Waals surface area contributed by atoms with Crippen LogP contribution < -0.4 is 0 Å². The first-order valence-electron chi connectivity index (χ1n) is 11.9. The number of nitrogens with zero attached hydrogens (tertiary/aromatic N) is 4. The molecule has 0 amide bonds. The molecule has 0 radical (unpaired) electrons. The van der Waals surface area contributed by atoms with Crippen molar-refractivity contribution in [2.24, 2.45) is 0 Å². The highest BCUT2D eigenvalue weighted by molar-refractivity contribution is 6.11. The third-order valence-electron chi connectivity index (χ3n) is 6.73. The van der Waals surface area contributed by atoms with Crippen molar-refractivity contribution < 1.29 is 0 Å². The third-order valence-corrected chi connectivity index (χ3v) is 6.73. The molecule has 7 aromatic rings. The first-order chi connectivity index (χ1) is 17.8. The van der Waals surface area contributed by atoms with Gasteiger partial charge in [-0.1, -0.05) is 66.7 Å². The molecule has 2 heterocycles. The Kier molecular flexibility index (Phi) is 4.48. The summed E-state index contributed by atoms with van der Waals surface area (Å²) in [5, 5.41) is 2.17. The van der Waals surface area contributed by atoms with E-state index in [1.165, 1.54) is 0 Å². The molecule has 4 heteroatoms.